The molecular formula is C10H10ClNO3. The number of Topliss-reactive ketones (excluding diaryl/α,β-unsaturated/α-hetero) is 1. The van der Waals surface area contributed by atoms with Crippen LogP contribution in [0.25, 0.3) is 0 Å². The van der Waals surface area contributed by atoms with Gasteiger partial charge in [-0.15, -0.1) is 0 Å². The predicted molar refractivity (Wildman–Crippen MR) is 55.8 cm³/mol. The molecule has 0 radical (unpaired) electrons. The summed E-state index contributed by atoms with van der Waals surface area (Å²) < 4.78 is 10.7. The maximum Gasteiger partial charge on any atom is 0.178 e. The first-order valence-electron chi connectivity index (χ1n) is 4.55. The fraction of sp³-hybridized carbons (Fsp3) is 0.300. The first kappa shape index (κ1) is 10.3. The zero-order valence-electron chi connectivity index (χ0n) is 7.96. The van der Waals surface area contributed by atoms with E-state index >= 15 is 0 Å². The van der Waals surface area contributed by atoms with Crippen LogP contribution in [-0.2, 0) is 0 Å². The third kappa shape index (κ3) is 1.91. The van der Waals surface area contributed by atoms with Crippen molar-refractivity contribution in [2.45, 2.75) is 0 Å². The quantitative estimate of drug-likeness (QED) is 0.773. The molecule has 1 aromatic rings. The molecule has 0 fully saturated rings. The second-order valence-corrected chi connectivity index (χ2v) is 3.51. The van der Waals surface area contributed by atoms with Crippen LogP contribution >= 0.6 is 11.6 Å². The second-order valence-electron chi connectivity index (χ2n) is 3.10. The number of ketones is 1. The van der Waals surface area contributed by atoms with Gasteiger partial charge < -0.3 is 15.2 Å². The van der Waals surface area contributed by atoms with Gasteiger partial charge in [0, 0.05) is 11.6 Å². The van der Waals surface area contributed by atoms with Crippen LogP contribution in [0.3, 0.4) is 0 Å². The van der Waals surface area contributed by atoms with E-state index < -0.39 is 0 Å². The van der Waals surface area contributed by atoms with Gasteiger partial charge in [-0.05, 0) is 6.07 Å². The first-order valence-corrected chi connectivity index (χ1v) is 4.92. The summed E-state index contributed by atoms with van der Waals surface area (Å²) in [5, 5.41) is 0.342. The highest BCUT2D eigenvalue weighted by molar-refractivity contribution is 6.34. The van der Waals surface area contributed by atoms with Crippen molar-refractivity contribution >= 4 is 17.4 Å². The molecule has 0 amide bonds. The van der Waals surface area contributed by atoms with Crippen molar-refractivity contribution in [3.8, 4) is 11.5 Å². The van der Waals surface area contributed by atoms with E-state index in [2.05, 4.69) is 0 Å². The summed E-state index contributed by atoms with van der Waals surface area (Å²) in [6.45, 7) is 0.901. The number of nitrogens with two attached hydrogens (primary N) is 1. The Bertz CT molecular complexity index is 406. The molecule has 0 aromatic heterocycles. The Morgan fingerprint density at radius 1 is 1.33 bits per heavy atom. The Labute approximate surface area is 91.9 Å². The Morgan fingerprint density at radius 3 is 2.53 bits per heavy atom. The van der Waals surface area contributed by atoms with Gasteiger partial charge >= 0.3 is 0 Å². The van der Waals surface area contributed by atoms with Gasteiger partial charge in [0.2, 0.25) is 0 Å². The summed E-state index contributed by atoms with van der Waals surface area (Å²) in [5.74, 6) is 0.902. The van der Waals surface area contributed by atoms with E-state index in [1.54, 1.807) is 12.1 Å². The van der Waals surface area contributed by atoms with Crippen molar-refractivity contribution in [2.24, 2.45) is 5.73 Å². The highest BCUT2D eigenvalue weighted by Crippen LogP contribution is 2.35. The molecule has 0 aliphatic carbocycles. The van der Waals surface area contributed by atoms with Gasteiger partial charge in [-0.1, -0.05) is 11.6 Å². The molecule has 2 rings (SSSR count). The number of hydrogen-bond donors (Lipinski definition) is 1. The third-order valence-electron chi connectivity index (χ3n) is 2.12. The molecule has 0 unspecified atom stereocenters. The third-order valence-corrected chi connectivity index (χ3v) is 2.43. The summed E-state index contributed by atoms with van der Waals surface area (Å²) in [5.41, 5.74) is 5.65. The van der Waals surface area contributed by atoms with Gasteiger partial charge in [0.15, 0.2) is 17.3 Å². The van der Waals surface area contributed by atoms with E-state index in [0.717, 1.165) is 0 Å². The Kier molecular flexibility index (Phi) is 2.79. The average molecular weight is 228 g/mol. The van der Waals surface area contributed by atoms with Crippen LogP contribution < -0.4 is 15.2 Å². The zero-order chi connectivity index (χ0) is 10.8. The molecule has 0 spiro atoms. The van der Waals surface area contributed by atoms with Crippen LogP contribution in [0.1, 0.15) is 10.4 Å². The van der Waals surface area contributed by atoms with Crippen LogP contribution in [0.15, 0.2) is 12.1 Å². The Hall–Kier alpha value is -1.26. The maximum absolute atomic E-state index is 11.4. The smallest absolute Gasteiger partial charge is 0.178 e. The van der Waals surface area contributed by atoms with Gasteiger partial charge in [0.25, 0.3) is 0 Å². The summed E-state index contributed by atoms with van der Waals surface area (Å²) in [6, 6.07) is 3.16. The molecule has 2 N–H and O–H groups in total. The highest BCUT2D eigenvalue weighted by atomic mass is 35.5. The Morgan fingerprint density at radius 2 is 1.93 bits per heavy atom. The van der Waals surface area contributed by atoms with Gasteiger partial charge in [0.05, 0.1) is 11.6 Å². The summed E-state index contributed by atoms with van der Waals surface area (Å²) in [4.78, 5) is 11.4. The van der Waals surface area contributed by atoms with Crippen molar-refractivity contribution in [3.63, 3.8) is 0 Å². The lowest BCUT2D eigenvalue weighted by Crippen LogP contribution is -2.18. The van der Waals surface area contributed by atoms with Gasteiger partial charge in [0.1, 0.15) is 13.2 Å². The molecule has 15 heavy (non-hydrogen) atoms. The zero-order valence-corrected chi connectivity index (χ0v) is 8.71. The minimum Gasteiger partial charge on any atom is -0.486 e. The van der Waals surface area contributed by atoms with E-state index in [1.807, 2.05) is 0 Å². The fourth-order valence-corrected chi connectivity index (χ4v) is 1.65. The molecule has 0 atom stereocenters. The molecule has 80 valence electrons. The lowest BCUT2D eigenvalue weighted by atomic mass is 10.1. The maximum atomic E-state index is 11.4. The van der Waals surface area contributed by atoms with Crippen molar-refractivity contribution in [3.05, 3.63) is 22.7 Å². The lowest BCUT2D eigenvalue weighted by molar-refractivity contribution is 0.100. The normalized spacial score (nSPS) is 13.7. The number of halogens is 1. The highest BCUT2D eigenvalue weighted by Gasteiger charge is 2.17. The van der Waals surface area contributed by atoms with Crippen LogP contribution in [0, 0.1) is 0 Å². The number of fused-ring (bicyclic) bond motifs is 1. The van der Waals surface area contributed by atoms with Crippen molar-refractivity contribution in [1.82, 2.24) is 0 Å². The minimum atomic E-state index is -0.211. The summed E-state index contributed by atoms with van der Waals surface area (Å²) >= 11 is 5.92. The molecule has 5 heteroatoms. The number of benzene rings is 1. The topological polar surface area (TPSA) is 61.6 Å². The molecule has 0 saturated heterocycles. The summed E-state index contributed by atoms with van der Waals surface area (Å²) in [7, 11) is 0. The van der Waals surface area contributed by atoms with Gasteiger partial charge in [-0.2, -0.15) is 0 Å². The number of ether oxygens (including phenoxy) is 2. The number of hydrogen-bond acceptors (Lipinski definition) is 4. The average Bonchev–Trinajstić information content (AvgIpc) is 2.27. The molecule has 1 aromatic carbocycles. The molecular weight excluding hydrogens is 218 g/mol. The first-order chi connectivity index (χ1) is 7.22. The molecule has 1 aliphatic heterocycles. The number of carbonyl (C=O) groups is 1. The van der Waals surface area contributed by atoms with Crippen LogP contribution in [0.2, 0.25) is 5.02 Å². The molecule has 0 saturated carbocycles. The van der Waals surface area contributed by atoms with E-state index in [-0.39, 0.29) is 12.3 Å². The Balaban J connectivity index is 2.44. The molecule has 1 heterocycles. The lowest BCUT2D eigenvalue weighted by Gasteiger charge is -2.19. The molecule has 4 nitrogen and oxygen atoms in total. The molecule has 0 bridgehead atoms. The number of carbonyl (C=O) groups excluding carboxylic acids is 1. The number of rotatable bonds is 2. The van der Waals surface area contributed by atoms with Crippen LogP contribution in [0.4, 0.5) is 0 Å². The van der Waals surface area contributed by atoms with E-state index in [0.29, 0.717) is 35.3 Å². The second kappa shape index (κ2) is 4.08. The largest absolute Gasteiger partial charge is 0.486 e. The SMILES string of the molecule is NCC(=O)c1cc2c(cc1Cl)OCCO2. The van der Waals surface area contributed by atoms with Crippen molar-refractivity contribution in [2.75, 3.05) is 19.8 Å². The standard InChI is InChI=1S/C10H10ClNO3/c11-7-4-10-9(14-1-2-15-10)3-6(7)8(13)5-12/h3-4H,1-2,5,12H2. The van der Waals surface area contributed by atoms with Crippen LogP contribution in [0.5, 0.6) is 11.5 Å². The predicted octanol–water partition coefficient (Wildman–Crippen LogP) is 1.25. The van der Waals surface area contributed by atoms with Crippen molar-refractivity contribution in [1.29, 1.82) is 0 Å². The van der Waals surface area contributed by atoms with E-state index in [1.165, 1.54) is 0 Å². The van der Waals surface area contributed by atoms with E-state index in [4.69, 9.17) is 26.8 Å². The summed E-state index contributed by atoms with van der Waals surface area (Å²) in [6.07, 6.45) is 0. The van der Waals surface area contributed by atoms with Gasteiger partial charge in [-0.25, -0.2) is 0 Å². The van der Waals surface area contributed by atoms with Crippen LogP contribution in [-0.4, -0.2) is 25.5 Å². The van der Waals surface area contributed by atoms with E-state index in [9.17, 15) is 4.79 Å². The minimum absolute atomic E-state index is 0.0701. The van der Waals surface area contributed by atoms with Crippen molar-refractivity contribution < 1.29 is 14.3 Å². The van der Waals surface area contributed by atoms with Gasteiger partial charge in [-0.3, -0.25) is 4.79 Å². The fourth-order valence-electron chi connectivity index (χ4n) is 1.39. The monoisotopic (exact) mass is 227 g/mol. The molecule has 1 aliphatic rings.